The molecule has 1 aromatic rings. The number of carbonyl (C=O) groups is 1. The largest absolute Gasteiger partial charge is 0.491 e. The number of unbranched alkanes of at least 4 members (excludes halogenated alkanes) is 2. The minimum Gasteiger partial charge on any atom is -0.491 e. The molecular weight excluding hydrogens is 247 g/mol. The number of halogens is 1. The summed E-state index contributed by atoms with van der Waals surface area (Å²) in [5.41, 5.74) is 0.583. The lowest BCUT2D eigenvalue weighted by Gasteiger charge is -2.08. The lowest BCUT2D eigenvalue weighted by atomic mass is 10.2. The first-order valence-electron chi connectivity index (χ1n) is 6.68. The Bertz CT molecular complexity index is 404. The first kappa shape index (κ1) is 15.5. The highest BCUT2D eigenvalue weighted by Gasteiger charge is 2.05. The molecule has 0 aliphatic heterocycles. The van der Waals surface area contributed by atoms with Gasteiger partial charge in [-0.2, -0.15) is 0 Å². The Labute approximate surface area is 113 Å². The molecule has 0 amide bonds. The summed E-state index contributed by atoms with van der Waals surface area (Å²) in [6.45, 7) is 4.39. The molecule has 0 bridgehead atoms. The van der Waals surface area contributed by atoms with E-state index in [2.05, 4.69) is 0 Å². The zero-order valence-electron chi connectivity index (χ0n) is 11.6. The Morgan fingerprint density at radius 1 is 1.26 bits per heavy atom. The zero-order chi connectivity index (χ0) is 14.1. The van der Waals surface area contributed by atoms with Crippen molar-refractivity contribution in [2.75, 3.05) is 13.2 Å². The van der Waals surface area contributed by atoms with Crippen molar-refractivity contribution < 1.29 is 18.7 Å². The van der Waals surface area contributed by atoms with Crippen molar-refractivity contribution in [2.45, 2.75) is 39.5 Å². The normalized spacial score (nSPS) is 10.3. The summed E-state index contributed by atoms with van der Waals surface area (Å²) in [6.07, 6.45) is 2.88. The minimum absolute atomic E-state index is 0.159. The van der Waals surface area contributed by atoms with Gasteiger partial charge in [0.15, 0.2) is 11.6 Å². The molecule has 0 saturated carbocycles. The van der Waals surface area contributed by atoms with Gasteiger partial charge in [-0.3, -0.25) is 4.79 Å². The van der Waals surface area contributed by atoms with Crippen molar-refractivity contribution in [3.8, 4) is 5.75 Å². The second kappa shape index (κ2) is 8.51. The quantitative estimate of drug-likeness (QED) is 0.533. The topological polar surface area (TPSA) is 35.5 Å². The first-order valence-corrected chi connectivity index (χ1v) is 6.68. The van der Waals surface area contributed by atoms with Gasteiger partial charge in [0.2, 0.25) is 0 Å². The summed E-state index contributed by atoms with van der Waals surface area (Å²) in [4.78, 5) is 11.1. The van der Waals surface area contributed by atoms with E-state index in [1.807, 2.05) is 0 Å². The average molecular weight is 268 g/mol. The number of carbonyl (C=O) groups excluding carboxylic acids is 1. The lowest BCUT2D eigenvalue weighted by Crippen LogP contribution is -2.04. The summed E-state index contributed by atoms with van der Waals surface area (Å²) in [5, 5.41) is 0. The maximum atomic E-state index is 13.6. The maximum absolute atomic E-state index is 13.6. The standard InChI is InChI=1S/C15H21FO3/c1-3-18-14(17)10-5-4-6-11-19-13-9-7-8-12(2)15(13)16/h7-9H,3-6,10-11H2,1-2H3. The highest BCUT2D eigenvalue weighted by Crippen LogP contribution is 2.19. The molecule has 0 aliphatic rings. The molecular formula is C15H21FO3. The van der Waals surface area contributed by atoms with Gasteiger partial charge in [-0.15, -0.1) is 0 Å². The smallest absolute Gasteiger partial charge is 0.305 e. The number of esters is 1. The van der Waals surface area contributed by atoms with Crippen LogP contribution >= 0.6 is 0 Å². The number of hydrogen-bond acceptors (Lipinski definition) is 3. The van der Waals surface area contributed by atoms with Gasteiger partial charge >= 0.3 is 5.97 Å². The molecule has 0 aliphatic carbocycles. The van der Waals surface area contributed by atoms with Crippen LogP contribution in [0, 0.1) is 12.7 Å². The van der Waals surface area contributed by atoms with Crippen molar-refractivity contribution in [2.24, 2.45) is 0 Å². The molecule has 3 nitrogen and oxygen atoms in total. The van der Waals surface area contributed by atoms with Gasteiger partial charge in [0.05, 0.1) is 13.2 Å². The van der Waals surface area contributed by atoms with Gasteiger partial charge < -0.3 is 9.47 Å². The van der Waals surface area contributed by atoms with Crippen LogP contribution in [0.2, 0.25) is 0 Å². The molecule has 4 heteroatoms. The van der Waals surface area contributed by atoms with E-state index in [0.29, 0.717) is 30.9 Å². The van der Waals surface area contributed by atoms with Gasteiger partial charge in [0, 0.05) is 6.42 Å². The third-order valence-corrected chi connectivity index (χ3v) is 2.74. The van der Waals surface area contributed by atoms with Crippen molar-refractivity contribution in [1.29, 1.82) is 0 Å². The van der Waals surface area contributed by atoms with Gasteiger partial charge in [0.1, 0.15) is 0 Å². The summed E-state index contributed by atoms with van der Waals surface area (Å²) in [5.74, 6) is -0.160. The van der Waals surface area contributed by atoms with E-state index in [1.165, 1.54) is 0 Å². The van der Waals surface area contributed by atoms with E-state index < -0.39 is 0 Å². The van der Waals surface area contributed by atoms with Crippen LogP contribution in [-0.2, 0) is 9.53 Å². The molecule has 0 unspecified atom stereocenters. The number of aryl methyl sites for hydroxylation is 1. The summed E-state index contributed by atoms with van der Waals surface area (Å²) >= 11 is 0. The van der Waals surface area contributed by atoms with Crippen LogP contribution in [0.15, 0.2) is 18.2 Å². The van der Waals surface area contributed by atoms with Gasteiger partial charge in [-0.05, 0) is 44.7 Å². The van der Waals surface area contributed by atoms with E-state index in [9.17, 15) is 9.18 Å². The zero-order valence-corrected chi connectivity index (χ0v) is 11.6. The monoisotopic (exact) mass is 268 g/mol. The molecule has 1 aromatic carbocycles. The van der Waals surface area contributed by atoms with Crippen LogP contribution in [0.3, 0.4) is 0 Å². The lowest BCUT2D eigenvalue weighted by molar-refractivity contribution is -0.143. The number of hydrogen-bond donors (Lipinski definition) is 0. The summed E-state index contributed by atoms with van der Waals surface area (Å²) in [7, 11) is 0. The SMILES string of the molecule is CCOC(=O)CCCCCOc1cccc(C)c1F. The van der Waals surface area contributed by atoms with Crippen LogP contribution in [0.4, 0.5) is 4.39 Å². The second-order valence-corrected chi connectivity index (χ2v) is 4.35. The van der Waals surface area contributed by atoms with E-state index >= 15 is 0 Å². The Hall–Kier alpha value is -1.58. The molecule has 0 heterocycles. The van der Waals surface area contributed by atoms with Crippen LogP contribution in [0.25, 0.3) is 0 Å². The fourth-order valence-electron chi connectivity index (χ4n) is 1.70. The van der Waals surface area contributed by atoms with E-state index in [0.717, 1.165) is 19.3 Å². The van der Waals surface area contributed by atoms with Crippen molar-refractivity contribution in [1.82, 2.24) is 0 Å². The van der Waals surface area contributed by atoms with Crippen LogP contribution < -0.4 is 4.74 Å². The Kier molecular flexibility index (Phi) is 6.93. The molecule has 0 atom stereocenters. The molecule has 19 heavy (non-hydrogen) atoms. The predicted octanol–water partition coefficient (Wildman–Crippen LogP) is 3.64. The van der Waals surface area contributed by atoms with Crippen LogP contribution in [0.5, 0.6) is 5.75 Å². The van der Waals surface area contributed by atoms with Crippen molar-refractivity contribution in [3.05, 3.63) is 29.6 Å². The minimum atomic E-state index is -0.297. The molecule has 0 saturated heterocycles. The highest BCUT2D eigenvalue weighted by molar-refractivity contribution is 5.69. The predicted molar refractivity (Wildman–Crippen MR) is 71.7 cm³/mol. The van der Waals surface area contributed by atoms with E-state index in [1.54, 1.807) is 32.0 Å². The number of rotatable bonds is 8. The van der Waals surface area contributed by atoms with E-state index in [4.69, 9.17) is 9.47 Å². The van der Waals surface area contributed by atoms with Crippen molar-refractivity contribution >= 4 is 5.97 Å². The molecule has 0 N–H and O–H groups in total. The van der Waals surface area contributed by atoms with Gasteiger partial charge in [0.25, 0.3) is 0 Å². The Morgan fingerprint density at radius 3 is 2.79 bits per heavy atom. The molecule has 0 radical (unpaired) electrons. The van der Waals surface area contributed by atoms with Gasteiger partial charge in [-0.25, -0.2) is 4.39 Å². The fraction of sp³-hybridized carbons (Fsp3) is 0.533. The summed E-state index contributed by atoms with van der Waals surface area (Å²) < 4.78 is 23.8. The maximum Gasteiger partial charge on any atom is 0.305 e. The van der Waals surface area contributed by atoms with Crippen LogP contribution in [0.1, 0.15) is 38.2 Å². The molecule has 1 rings (SSSR count). The Morgan fingerprint density at radius 2 is 2.05 bits per heavy atom. The number of benzene rings is 1. The first-order chi connectivity index (χ1) is 9.15. The van der Waals surface area contributed by atoms with E-state index in [-0.39, 0.29) is 11.8 Å². The third kappa shape index (κ3) is 5.73. The van der Waals surface area contributed by atoms with Crippen molar-refractivity contribution in [3.63, 3.8) is 0 Å². The number of ether oxygens (including phenoxy) is 2. The fourth-order valence-corrected chi connectivity index (χ4v) is 1.70. The Balaban J connectivity index is 2.14. The average Bonchev–Trinajstić information content (AvgIpc) is 2.38. The molecule has 0 aromatic heterocycles. The molecule has 0 fully saturated rings. The van der Waals surface area contributed by atoms with Gasteiger partial charge in [-0.1, -0.05) is 12.1 Å². The second-order valence-electron chi connectivity index (χ2n) is 4.35. The summed E-state index contributed by atoms with van der Waals surface area (Å²) in [6, 6.07) is 5.11. The highest BCUT2D eigenvalue weighted by atomic mass is 19.1. The van der Waals surface area contributed by atoms with Crippen LogP contribution in [-0.4, -0.2) is 19.2 Å². The molecule has 0 spiro atoms. The molecule has 106 valence electrons. The third-order valence-electron chi connectivity index (χ3n) is 2.74.